The van der Waals surface area contributed by atoms with Crippen LogP contribution in [0.15, 0.2) is 72.4 Å². The van der Waals surface area contributed by atoms with Gasteiger partial charge in [-0.1, -0.05) is 36.4 Å². The third-order valence-corrected chi connectivity index (χ3v) is 4.85. The van der Waals surface area contributed by atoms with Gasteiger partial charge in [-0.2, -0.15) is 5.10 Å². The van der Waals surface area contributed by atoms with Crippen LogP contribution in [0.3, 0.4) is 0 Å². The van der Waals surface area contributed by atoms with Gasteiger partial charge in [-0.25, -0.2) is 14.6 Å². The van der Waals surface area contributed by atoms with Crippen molar-refractivity contribution in [2.45, 2.75) is 12.8 Å². The number of aryl methyl sites for hydroxylation is 1. The molecule has 4 rings (SSSR count). The highest BCUT2D eigenvalue weighted by atomic mass is 32.1. The van der Waals surface area contributed by atoms with Gasteiger partial charge in [-0.3, -0.25) is 0 Å². The maximum atomic E-state index is 4.68. The Morgan fingerprint density at radius 2 is 1.92 bits per heavy atom. The number of benzene rings is 1. The van der Waals surface area contributed by atoms with Gasteiger partial charge >= 0.3 is 0 Å². The Labute approximate surface area is 156 Å². The Morgan fingerprint density at radius 1 is 1.00 bits per heavy atom. The first-order valence-electron chi connectivity index (χ1n) is 8.59. The average Bonchev–Trinajstić information content (AvgIpc) is 3.40. The number of aromatic nitrogens is 4. The summed E-state index contributed by atoms with van der Waals surface area (Å²) in [5, 5.41) is 9.75. The summed E-state index contributed by atoms with van der Waals surface area (Å²) in [5.41, 5.74) is 1.36. The average molecular weight is 361 g/mol. The summed E-state index contributed by atoms with van der Waals surface area (Å²) >= 11 is 1.63. The molecule has 0 saturated carbocycles. The fourth-order valence-electron chi connectivity index (χ4n) is 2.72. The second kappa shape index (κ2) is 7.93. The molecule has 0 unspecified atom stereocenters. The third kappa shape index (κ3) is 3.97. The van der Waals surface area contributed by atoms with Gasteiger partial charge in [0.05, 0.1) is 4.88 Å². The van der Waals surface area contributed by atoms with Crippen molar-refractivity contribution in [1.29, 1.82) is 0 Å². The van der Waals surface area contributed by atoms with E-state index in [1.54, 1.807) is 22.2 Å². The molecule has 4 aromatic rings. The zero-order valence-electron chi connectivity index (χ0n) is 14.2. The molecule has 0 fully saturated rings. The molecule has 0 aliphatic heterocycles. The Hall–Kier alpha value is -2.99. The zero-order chi connectivity index (χ0) is 17.6. The fourth-order valence-corrected chi connectivity index (χ4v) is 3.37. The molecular formula is C20H19N5S. The molecule has 130 valence electrons. The summed E-state index contributed by atoms with van der Waals surface area (Å²) in [6.45, 7) is 0.855. The van der Waals surface area contributed by atoms with Crippen LogP contribution in [-0.2, 0) is 6.42 Å². The van der Waals surface area contributed by atoms with Crippen molar-refractivity contribution < 1.29 is 0 Å². The number of nitrogens with one attached hydrogen (secondary N) is 1. The first-order chi connectivity index (χ1) is 12.9. The fraction of sp³-hybridized carbons (Fsp3) is 0.150. The van der Waals surface area contributed by atoms with Gasteiger partial charge in [0.25, 0.3) is 0 Å². The summed E-state index contributed by atoms with van der Waals surface area (Å²) in [4.78, 5) is 10.4. The molecule has 0 amide bonds. The van der Waals surface area contributed by atoms with Crippen LogP contribution in [0.5, 0.6) is 0 Å². The van der Waals surface area contributed by atoms with Crippen LogP contribution in [0.2, 0.25) is 0 Å². The van der Waals surface area contributed by atoms with E-state index in [4.69, 9.17) is 0 Å². The van der Waals surface area contributed by atoms with Crippen LogP contribution in [0, 0.1) is 0 Å². The molecule has 1 aromatic carbocycles. The van der Waals surface area contributed by atoms with Crippen molar-refractivity contribution in [1.82, 2.24) is 19.7 Å². The van der Waals surface area contributed by atoms with Gasteiger partial charge in [0.1, 0.15) is 5.82 Å². The van der Waals surface area contributed by atoms with E-state index in [-0.39, 0.29) is 0 Å². The number of thiophene rings is 1. The van der Waals surface area contributed by atoms with Gasteiger partial charge in [-0.15, -0.1) is 11.3 Å². The van der Waals surface area contributed by atoms with Gasteiger partial charge in [0.2, 0.25) is 0 Å². The highest BCUT2D eigenvalue weighted by Crippen LogP contribution is 2.23. The molecule has 0 aliphatic rings. The first-order valence-corrected chi connectivity index (χ1v) is 9.47. The Morgan fingerprint density at radius 3 is 2.69 bits per heavy atom. The van der Waals surface area contributed by atoms with Crippen molar-refractivity contribution in [2.24, 2.45) is 0 Å². The minimum atomic E-state index is 0.721. The second-order valence-electron chi connectivity index (χ2n) is 5.88. The van der Waals surface area contributed by atoms with Crippen molar-refractivity contribution in [3.8, 4) is 16.5 Å². The minimum absolute atomic E-state index is 0.721. The summed E-state index contributed by atoms with van der Waals surface area (Å²) in [5.74, 6) is 2.31. The van der Waals surface area contributed by atoms with Crippen molar-refractivity contribution in [3.63, 3.8) is 0 Å². The van der Waals surface area contributed by atoms with E-state index in [9.17, 15) is 0 Å². The van der Waals surface area contributed by atoms with E-state index in [0.29, 0.717) is 0 Å². The Kier molecular flexibility index (Phi) is 5.02. The topological polar surface area (TPSA) is 55.6 Å². The van der Waals surface area contributed by atoms with Crippen LogP contribution in [0.25, 0.3) is 16.5 Å². The van der Waals surface area contributed by atoms with E-state index < -0.39 is 0 Å². The van der Waals surface area contributed by atoms with E-state index in [0.717, 1.165) is 41.7 Å². The molecule has 0 spiro atoms. The SMILES string of the molecule is c1ccc(CCCNc2cc(-n3cccn3)nc(-c3cccs3)n2)cc1. The molecule has 0 radical (unpaired) electrons. The lowest BCUT2D eigenvalue weighted by molar-refractivity contribution is 0.834. The number of hydrogen-bond donors (Lipinski definition) is 1. The maximum Gasteiger partial charge on any atom is 0.173 e. The summed E-state index contributed by atoms with van der Waals surface area (Å²) < 4.78 is 1.76. The number of nitrogens with zero attached hydrogens (tertiary/aromatic N) is 4. The normalized spacial score (nSPS) is 10.8. The van der Waals surface area contributed by atoms with Gasteiger partial charge in [-0.05, 0) is 35.9 Å². The monoisotopic (exact) mass is 361 g/mol. The highest BCUT2D eigenvalue weighted by molar-refractivity contribution is 7.13. The van der Waals surface area contributed by atoms with Crippen molar-refractivity contribution >= 4 is 17.2 Å². The highest BCUT2D eigenvalue weighted by Gasteiger charge is 2.09. The predicted molar refractivity (Wildman–Crippen MR) is 106 cm³/mol. The van der Waals surface area contributed by atoms with Crippen LogP contribution in [-0.4, -0.2) is 26.3 Å². The molecular weight excluding hydrogens is 342 g/mol. The minimum Gasteiger partial charge on any atom is -0.370 e. The number of hydrogen-bond acceptors (Lipinski definition) is 5. The summed E-state index contributed by atoms with van der Waals surface area (Å²) in [6.07, 6.45) is 5.72. The lowest BCUT2D eigenvalue weighted by Crippen LogP contribution is -2.08. The standard InChI is InChI=1S/C20H19N5S/c1-2-7-16(8-3-1)9-4-11-21-18-15-19(25-13-6-12-22-25)24-20(23-18)17-10-5-14-26-17/h1-3,5-8,10,12-15H,4,9,11H2,(H,21,23,24). The van der Waals surface area contributed by atoms with Crippen molar-refractivity contribution in [2.75, 3.05) is 11.9 Å². The van der Waals surface area contributed by atoms with Crippen LogP contribution >= 0.6 is 11.3 Å². The van der Waals surface area contributed by atoms with Crippen molar-refractivity contribution in [3.05, 3.63) is 77.9 Å². The van der Waals surface area contributed by atoms with Gasteiger partial charge < -0.3 is 5.32 Å². The van der Waals surface area contributed by atoms with Gasteiger partial charge in [0, 0.05) is 25.0 Å². The zero-order valence-corrected chi connectivity index (χ0v) is 15.1. The lowest BCUT2D eigenvalue weighted by atomic mass is 10.1. The molecule has 26 heavy (non-hydrogen) atoms. The molecule has 3 heterocycles. The smallest absolute Gasteiger partial charge is 0.173 e. The van der Waals surface area contributed by atoms with Crippen LogP contribution in [0.1, 0.15) is 12.0 Å². The Balaban J connectivity index is 1.49. The van der Waals surface area contributed by atoms with Crippen LogP contribution < -0.4 is 5.32 Å². The van der Waals surface area contributed by atoms with E-state index in [1.165, 1.54) is 5.56 Å². The first kappa shape index (κ1) is 16.5. The number of anilines is 1. The molecule has 3 aromatic heterocycles. The maximum absolute atomic E-state index is 4.68. The van der Waals surface area contributed by atoms with E-state index >= 15 is 0 Å². The van der Waals surface area contributed by atoms with E-state index in [2.05, 4.69) is 44.6 Å². The summed E-state index contributed by atoms with van der Waals surface area (Å²) in [7, 11) is 0. The lowest BCUT2D eigenvalue weighted by Gasteiger charge is -2.10. The van der Waals surface area contributed by atoms with Gasteiger partial charge in [0.15, 0.2) is 11.6 Å². The molecule has 6 heteroatoms. The molecule has 5 nitrogen and oxygen atoms in total. The largest absolute Gasteiger partial charge is 0.370 e. The predicted octanol–water partition coefficient (Wildman–Crippen LogP) is 4.44. The summed E-state index contributed by atoms with van der Waals surface area (Å²) in [6, 6.07) is 18.4. The van der Waals surface area contributed by atoms with Crippen LogP contribution in [0.4, 0.5) is 5.82 Å². The molecule has 0 atom stereocenters. The molecule has 1 N–H and O–H groups in total. The third-order valence-electron chi connectivity index (χ3n) is 3.98. The quantitative estimate of drug-likeness (QED) is 0.495. The second-order valence-corrected chi connectivity index (χ2v) is 6.83. The Bertz CT molecular complexity index is 881. The molecule has 0 bridgehead atoms. The molecule has 0 saturated heterocycles. The van der Waals surface area contributed by atoms with E-state index in [1.807, 2.05) is 41.9 Å². The number of rotatable bonds is 7. The molecule has 0 aliphatic carbocycles.